The molecule has 3 aliphatic heterocycles. The number of amides is 2. The Kier molecular flexibility index (Phi) is 2.12. The fraction of sp³-hybridized carbons (Fsp3) is 0.636. The fourth-order valence-electron chi connectivity index (χ4n) is 2.84. The molecule has 2 bridgehead atoms. The Morgan fingerprint density at radius 1 is 1.25 bits per heavy atom. The molecule has 3 rings (SSSR count). The number of carbonyl (C=O) groups excluding carboxylic acids is 2. The molecule has 0 aromatic carbocycles. The van der Waals surface area contributed by atoms with Gasteiger partial charge in [0.05, 0.1) is 44.2 Å². The summed E-state index contributed by atoms with van der Waals surface area (Å²) in [5.41, 5.74) is 0. The van der Waals surface area contributed by atoms with Crippen molar-refractivity contribution in [3.8, 4) is 0 Å². The summed E-state index contributed by atoms with van der Waals surface area (Å²) in [6, 6.07) is 0. The number of nitrogens with zero attached hydrogens (tertiary/aromatic N) is 1. The van der Waals surface area contributed by atoms with E-state index < -0.39 is 0 Å². The van der Waals surface area contributed by atoms with Crippen molar-refractivity contribution in [3.05, 3.63) is 12.2 Å². The average molecular weight is 223 g/mol. The van der Waals surface area contributed by atoms with Gasteiger partial charge in [-0.15, -0.1) is 0 Å². The lowest BCUT2D eigenvalue weighted by molar-refractivity contribution is -0.626. The molecule has 0 saturated carbocycles. The van der Waals surface area contributed by atoms with Crippen molar-refractivity contribution in [3.63, 3.8) is 0 Å². The number of hydrogen-bond donors (Lipinski definition) is 1. The van der Waals surface area contributed by atoms with E-state index in [-0.39, 0.29) is 35.9 Å². The van der Waals surface area contributed by atoms with Crippen molar-refractivity contribution < 1.29 is 19.6 Å². The van der Waals surface area contributed by atoms with Crippen LogP contribution in [0.4, 0.5) is 0 Å². The van der Waals surface area contributed by atoms with E-state index in [0.29, 0.717) is 6.54 Å². The molecule has 16 heavy (non-hydrogen) atoms. The van der Waals surface area contributed by atoms with Crippen LogP contribution in [0.5, 0.6) is 0 Å². The number of rotatable bonds is 3. The standard InChI is InChI=1S/C11H14N2O3/c1-12-4-5-13-10(14)8-6-2-3-7(16-6)9(8)11(13)15/h2-3,6-9,12H,4-5H2,1H3/p+1/t6-,7+,8-,9+. The summed E-state index contributed by atoms with van der Waals surface area (Å²) in [6.45, 7) is 1.28. The molecular formula is C11H15N2O3+. The van der Waals surface area contributed by atoms with Crippen LogP contribution >= 0.6 is 0 Å². The van der Waals surface area contributed by atoms with Crippen molar-refractivity contribution in [2.75, 3.05) is 20.1 Å². The van der Waals surface area contributed by atoms with Crippen LogP contribution in [0, 0.1) is 11.8 Å². The summed E-state index contributed by atoms with van der Waals surface area (Å²) >= 11 is 0. The Morgan fingerprint density at radius 3 is 2.31 bits per heavy atom. The van der Waals surface area contributed by atoms with Crippen molar-refractivity contribution >= 4 is 11.8 Å². The van der Waals surface area contributed by atoms with Crippen molar-refractivity contribution in [1.82, 2.24) is 4.90 Å². The summed E-state index contributed by atoms with van der Waals surface area (Å²) in [5, 5.41) is 1.97. The zero-order valence-corrected chi connectivity index (χ0v) is 9.13. The fourth-order valence-corrected chi connectivity index (χ4v) is 2.84. The maximum Gasteiger partial charge on any atom is 0.236 e. The molecule has 0 radical (unpaired) electrons. The number of likely N-dealkylation sites (tertiary alicyclic amines) is 1. The molecule has 0 unspecified atom stereocenters. The van der Waals surface area contributed by atoms with Crippen molar-refractivity contribution in [1.29, 1.82) is 0 Å². The topological polar surface area (TPSA) is 63.2 Å². The second-order valence-corrected chi connectivity index (χ2v) is 4.53. The second kappa shape index (κ2) is 3.40. The van der Waals surface area contributed by atoms with Gasteiger partial charge in [0.25, 0.3) is 0 Å². The average Bonchev–Trinajstić information content (AvgIpc) is 2.92. The third kappa shape index (κ3) is 1.13. The summed E-state index contributed by atoms with van der Waals surface area (Å²) in [4.78, 5) is 25.5. The Hall–Kier alpha value is -1.20. The minimum atomic E-state index is -0.251. The van der Waals surface area contributed by atoms with Gasteiger partial charge in [0, 0.05) is 0 Å². The molecule has 3 aliphatic rings. The molecule has 3 heterocycles. The van der Waals surface area contributed by atoms with E-state index in [1.807, 2.05) is 24.5 Å². The molecule has 5 heteroatoms. The van der Waals surface area contributed by atoms with Gasteiger partial charge < -0.3 is 10.1 Å². The summed E-state index contributed by atoms with van der Waals surface area (Å²) < 4.78 is 5.55. The number of imide groups is 1. The van der Waals surface area contributed by atoms with Gasteiger partial charge in [-0.05, 0) is 0 Å². The summed E-state index contributed by atoms with van der Waals surface area (Å²) in [6.07, 6.45) is 3.49. The van der Waals surface area contributed by atoms with Crippen LogP contribution in [0.15, 0.2) is 12.2 Å². The highest BCUT2D eigenvalue weighted by Crippen LogP contribution is 2.44. The highest BCUT2D eigenvalue weighted by Gasteiger charge is 2.60. The lowest BCUT2D eigenvalue weighted by atomic mass is 9.85. The van der Waals surface area contributed by atoms with Crippen LogP contribution in [-0.4, -0.2) is 49.1 Å². The minimum absolute atomic E-state index is 0.0475. The van der Waals surface area contributed by atoms with Crippen LogP contribution < -0.4 is 5.32 Å². The molecule has 86 valence electrons. The third-order valence-electron chi connectivity index (χ3n) is 3.64. The number of hydrogen-bond acceptors (Lipinski definition) is 3. The number of fused-ring (bicyclic) bond motifs is 5. The monoisotopic (exact) mass is 223 g/mol. The smallest absolute Gasteiger partial charge is 0.236 e. The normalized spacial score (nSPS) is 39.9. The van der Waals surface area contributed by atoms with Crippen LogP contribution in [0.1, 0.15) is 0 Å². The van der Waals surface area contributed by atoms with Gasteiger partial charge >= 0.3 is 0 Å². The SMILES string of the molecule is C[NH2+]CCN1C(=O)[C@@H]2[C@H](C1=O)[C@H]1C=C[C@@H]2O1. The number of likely N-dealkylation sites (N-methyl/N-ethyl adjacent to an activating group) is 1. The predicted molar refractivity (Wildman–Crippen MR) is 54.2 cm³/mol. The van der Waals surface area contributed by atoms with E-state index in [0.717, 1.165) is 6.54 Å². The van der Waals surface area contributed by atoms with Gasteiger partial charge in [-0.25, -0.2) is 0 Å². The van der Waals surface area contributed by atoms with Gasteiger partial charge in [0.2, 0.25) is 11.8 Å². The van der Waals surface area contributed by atoms with E-state index in [1.54, 1.807) is 0 Å². The number of quaternary nitrogens is 1. The summed E-state index contributed by atoms with van der Waals surface area (Å²) in [7, 11) is 1.93. The largest absolute Gasteiger partial charge is 0.365 e. The van der Waals surface area contributed by atoms with Crippen molar-refractivity contribution in [2.45, 2.75) is 12.2 Å². The molecular weight excluding hydrogens is 208 g/mol. The lowest BCUT2D eigenvalue weighted by Crippen LogP contribution is -2.81. The van der Waals surface area contributed by atoms with Crippen LogP contribution in [0.25, 0.3) is 0 Å². The molecule has 0 aliphatic carbocycles. The van der Waals surface area contributed by atoms with Crippen LogP contribution in [-0.2, 0) is 14.3 Å². The number of nitrogens with two attached hydrogens (primary N) is 1. The molecule has 5 nitrogen and oxygen atoms in total. The van der Waals surface area contributed by atoms with Gasteiger partial charge in [-0.1, -0.05) is 12.2 Å². The highest BCUT2D eigenvalue weighted by atomic mass is 16.5. The maximum atomic E-state index is 12.1. The molecule has 0 aromatic heterocycles. The highest BCUT2D eigenvalue weighted by molar-refractivity contribution is 6.06. The van der Waals surface area contributed by atoms with Gasteiger partial charge in [-0.3, -0.25) is 14.5 Å². The first-order valence-electron chi connectivity index (χ1n) is 5.71. The zero-order valence-electron chi connectivity index (χ0n) is 9.13. The van der Waals surface area contributed by atoms with E-state index in [4.69, 9.17) is 4.74 Å². The van der Waals surface area contributed by atoms with E-state index in [1.165, 1.54) is 4.90 Å². The molecule has 0 aromatic rings. The Balaban J connectivity index is 1.83. The maximum absolute atomic E-state index is 12.1. The van der Waals surface area contributed by atoms with E-state index >= 15 is 0 Å². The summed E-state index contributed by atoms with van der Waals surface area (Å²) in [5.74, 6) is -0.596. The predicted octanol–water partition coefficient (Wildman–Crippen LogP) is -1.88. The molecule has 2 N–H and O–H groups in total. The Bertz CT molecular complexity index is 349. The van der Waals surface area contributed by atoms with Gasteiger partial charge in [-0.2, -0.15) is 0 Å². The first kappa shape index (κ1) is 9.99. The van der Waals surface area contributed by atoms with E-state index in [9.17, 15) is 9.59 Å². The number of ether oxygens (including phenoxy) is 1. The second-order valence-electron chi connectivity index (χ2n) is 4.53. The zero-order chi connectivity index (χ0) is 11.3. The lowest BCUT2D eigenvalue weighted by Gasteiger charge is -2.15. The first-order chi connectivity index (χ1) is 7.74. The molecule has 2 saturated heterocycles. The van der Waals surface area contributed by atoms with Crippen LogP contribution in [0.3, 0.4) is 0 Å². The molecule has 4 atom stereocenters. The quantitative estimate of drug-likeness (QED) is 0.450. The van der Waals surface area contributed by atoms with E-state index in [2.05, 4.69) is 0 Å². The molecule has 2 fully saturated rings. The van der Waals surface area contributed by atoms with Gasteiger partial charge in [0.15, 0.2) is 0 Å². The number of carbonyl (C=O) groups is 2. The van der Waals surface area contributed by atoms with Crippen LogP contribution in [0.2, 0.25) is 0 Å². The van der Waals surface area contributed by atoms with Gasteiger partial charge in [0.1, 0.15) is 0 Å². The molecule has 2 amide bonds. The Morgan fingerprint density at radius 2 is 1.81 bits per heavy atom. The minimum Gasteiger partial charge on any atom is -0.365 e. The Labute approximate surface area is 93.4 Å². The van der Waals surface area contributed by atoms with Crippen molar-refractivity contribution in [2.24, 2.45) is 11.8 Å². The molecule has 0 spiro atoms. The first-order valence-corrected chi connectivity index (χ1v) is 5.71. The third-order valence-corrected chi connectivity index (χ3v) is 3.64.